The molecule has 0 saturated carbocycles. The summed E-state index contributed by atoms with van der Waals surface area (Å²) in [7, 11) is 0. The van der Waals surface area contributed by atoms with Gasteiger partial charge in [-0.15, -0.1) is 11.3 Å². The Bertz CT molecular complexity index is 662. The molecule has 0 amide bonds. The molecule has 0 unspecified atom stereocenters. The second-order valence-corrected chi connectivity index (χ2v) is 5.44. The molecule has 1 aromatic heterocycles. The van der Waals surface area contributed by atoms with E-state index in [9.17, 15) is 18.0 Å². The zero-order chi connectivity index (χ0) is 16.3. The molecule has 2 rings (SSSR count). The van der Waals surface area contributed by atoms with Gasteiger partial charge in [-0.2, -0.15) is 13.2 Å². The van der Waals surface area contributed by atoms with Crippen molar-refractivity contribution in [1.29, 1.82) is 0 Å². The topological polar surface area (TPSA) is 39.2 Å². The molecule has 0 bridgehead atoms. The lowest BCUT2D eigenvalue weighted by Crippen LogP contribution is -2.05. The van der Waals surface area contributed by atoms with Crippen molar-refractivity contribution in [3.8, 4) is 10.6 Å². The molecule has 7 heteroatoms. The maximum absolute atomic E-state index is 12.6. The molecule has 0 atom stereocenters. The van der Waals surface area contributed by atoms with Crippen LogP contribution in [0.1, 0.15) is 34.8 Å². The Morgan fingerprint density at radius 1 is 1.23 bits per heavy atom. The number of rotatable bonds is 4. The molecule has 1 heterocycles. The maximum atomic E-state index is 12.6. The summed E-state index contributed by atoms with van der Waals surface area (Å²) in [5.74, 6) is -0.449. The summed E-state index contributed by atoms with van der Waals surface area (Å²) in [6.07, 6.45) is -3.82. The Morgan fingerprint density at radius 3 is 2.36 bits per heavy atom. The number of esters is 1. The Kier molecular flexibility index (Phi) is 4.85. The van der Waals surface area contributed by atoms with Crippen LogP contribution in [-0.2, 0) is 17.3 Å². The lowest BCUT2D eigenvalue weighted by Gasteiger charge is -2.06. The minimum atomic E-state index is -4.37. The molecule has 0 saturated heterocycles. The van der Waals surface area contributed by atoms with Crippen LogP contribution in [0.3, 0.4) is 0 Å². The number of hydrogen-bond acceptors (Lipinski definition) is 4. The molecule has 0 aliphatic heterocycles. The van der Waals surface area contributed by atoms with Crippen molar-refractivity contribution >= 4 is 17.3 Å². The van der Waals surface area contributed by atoms with Crippen molar-refractivity contribution in [2.45, 2.75) is 26.4 Å². The second kappa shape index (κ2) is 6.48. The molecule has 118 valence electrons. The standard InChI is InChI=1S/C15H14F3NO2S/c1-3-11-12(14(20)21-4-2)22-13(19-11)9-5-7-10(8-6-9)15(16,17)18/h5-8H,3-4H2,1-2H3. The number of ether oxygens (including phenoxy) is 1. The van der Waals surface area contributed by atoms with Gasteiger partial charge in [-0.05, 0) is 25.5 Å². The van der Waals surface area contributed by atoms with E-state index in [0.29, 0.717) is 27.6 Å². The number of thiazole rings is 1. The van der Waals surface area contributed by atoms with Crippen molar-refractivity contribution in [2.75, 3.05) is 6.61 Å². The predicted molar refractivity (Wildman–Crippen MR) is 77.9 cm³/mol. The number of carbonyl (C=O) groups is 1. The first-order chi connectivity index (χ1) is 10.4. The van der Waals surface area contributed by atoms with Crippen molar-refractivity contribution in [1.82, 2.24) is 4.98 Å². The Morgan fingerprint density at radius 2 is 1.86 bits per heavy atom. The van der Waals surface area contributed by atoms with Crippen LogP contribution in [0.15, 0.2) is 24.3 Å². The first kappa shape index (κ1) is 16.5. The molecule has 0 aliphatic rings. The van der Waals surface area contributed by atoms with Crippen LogP contribution in [0, 0.1) is 0 Å². The van der Waals surface area contributed by atoms with Crippen molar-refractivity contribution < 1.29 is 22.7 Å². The summed E-state index contributed by atoms with van der Waals surface area (Å²) in [5.41, 5.74) is 0.427. The highest BCUT2D eigenvalue weighted by Gasteiger charge is 2.30. The number of benzene rings is 1. The first-order valence-corrected chi connectivity index (χ1v) is 7.52. The van der Waals surface area contributed by atoms with Gasteiger partial charge in [0.15, 0.2) is 0 Å². The van der Waals surface area contributed by atoms with Gasteiger partial charge in [0, 0.05) is 5.56 Å². The van der Waals surface area contributed by atoms with Crippen LogP contribution >= 0.6 is 11.3 Å². The molecule has 1 aromatic carbocycles. The summed E-state index contributed by atoms with van der Waals surface area (Å²) in [5, 5.41) is 0.508. The molecule has 0 spiro atoms. The third-order valence-electron chi connectivity index (χ3n) is 2.95. The third-order valence-corrected chi connectivity index (χ3v) is 4.08. The zero-order valence-corrected chi connectivity index (χ0v) is 12.8. The molecule has 0 fully saturated rings. The Hall–Kier alpha value is -1.89. The van der Waals surface area contributed by atoms with Gasteiger partial charge in [-0.25, -0.2) is 9.78 Å². The summed E-state index contributed by atoms with van der Waals surface area (Å²) in [6, 6.07) is 4.73. The lowest BCUT2D eigenvalue weighted by molar-refractivity contribution is -0.137. The van der Waals surface area contributed by atoms with E-state index >= 15 is 0 Å². The number of carbonyl (C=O) groups excluding carboxylic acids is 1. The van der Waals surface area contributed by atoms with Crippen LogP contribution in [0.2, 0.25) is 0 Å². The fourth-order valence-electron chi connectivity index (χ4n) is 1.87. The Balaban J connectivity index is 2.35. The molecular weight excluding hydrogens is 315 g/mol. The van der Waals surface area contributed by atoms with Gasteiger partial charge < -0.3 is 4.74 Å². The quantitative estimate of drug-likeness (QED) is 0.772. The zero-order valence-electron chi connectivity index (χ0n) is 12.0. The average molecular weight is 329 g/mol. The van der Waals surface area contributed by atoms with Crippen molar-refractivity contribution in [2.24, 2.45) is 0 Å². The lowest BCUT2D eigenvalue weighted by atomic mass is 10.1. The minimum absolute atomic E-state index is 0.259. The summed E-state index contributed by atoms with van der Waals surface area (Å²) >= 11 is 1.13. The highest BCUT2D eigenvalue weighted by molar-refractivity contribution is 7.17. The van der Waals surface area contributed by atoms with Gasteiger partial charge in [0.2, 0.25) is 0 Å². The van der Waals surface area contributed by atoms with E-state index in [0.717, 1.165) is 23.5 Å². The number of aryl methyl sites for hydroxylation is 1. The number of nitrogens with zero attached hydrogens (tertiary/aromatic N) is 1. The van der Waals surface area contributed by atoms with E-state index < -0.39 is 17.7 Å². The minimum Gasteiger partial charge on any atom is -0.462 e. The van der Waals surface area contributed by atoms with E-state index in [1.54, 1.807) is 6.92 Å². The fourth-order valence-corrected chi connectivity index (χ4v) is 2.93. The Labute approximate surface area is 129 Å². The van der Waals surface area contributed by atoms with Gasteiger partial charge in [0.05, 0.1) is 17.9 Å². The molecule has 22 heavy (non-hydrogen) atoms. The SMILES string of the molecule is CCOC(=O)c1sc(-c2ccc(C(F)(F)F)cc2)nc1CC. The highest BCUT2D eigenvalue weighted by Crippen LogP contribution is 2.33. The van der Waals surface area contributed by atoms with Gasteiger partial charge in [0.1, 0.15) is 9.88 Å². The van der Waals surface area contributed by atoms with Crippen LogP contribution in [0.25, 0.3) is 10.6 Å². The van der Waals surface area contributed by atoms with E-state index in [4.69, 9.17) is 4.74 Å². The van der Waals surface area contributed by atoms with Gasteiger partial charge >= 0.3 is 12.1 Å². The van der Waals surface area contributed by atoms with Crippen LogP contribution in [-0.4, -0.2) is 17.6 Å². The number of halogens is 3. The largest absolute Gasteiger partial charge is 0.462 e. The molecule has 0 N–H and O–H groups in total. The van der Waals surface area contributed by atoms with Gasteiger partial charge in [0.25, 0.3) is 0 Å². The fraction of sp³-hybridized carbons (Fsp3) is 0.333. The predicted octanol–water partition coefficient (Wildman–Crippen LogP) is 4.57. The van der Waals surface area contributed by atoms with E-state index in [2.05, 4.69) is 4.98 Å². The first-order valence-electron chi connectivity index (χ1n) is 6.71. The van der Waals surface area contributed by atoms with Crippen molar-refractivity contribution in [3.63, 3.8) is 0 Å². The number of hydrogen-bond donors (Lipinski definition) is 0. The number of alkyl halides is 3. The summed E-state index contributed by atoms with van der Waals surface area (Å²) < 4.78 is 42.6. The van der Waals surface area contributed by atoms with Crippen LogP contribution in [0.5, 0.6) is 0 Å². The van der Waals surface area contributed by atoms with Gasteiger partial charge in [-0.3, -0.25) is 0 Å². The van der Waals surface area contributed by atoms with Crippen molar-refractivity contribution in [3.05, 3.63) is 40.4 Å². The van der Waals surface area contributed by atoms with Crippen LogP contribution < -0.4 is 0 Å². The van der Waals surface area contributed by atoms with Gasteiger partial charge in [-0.1, -0.05) is 19.1 Å². The summed E-state index contributed by atoms with van der Waals surface area (Å²) in [4.78, 5) is 16.6. The molecule has 0 aliphatic carbocycles. The third kappa shape index (κ3) is 3.47. The van der Waals surface area contributed by atoms with E-state index in [1.807, 2.05) is 6.92 Å². The maximum Gasteiger partial charge on any atom is 0.416 e. The molecular formula is C15H14F3NO2S. The monoisotopic (exact) mass is 329 g/mol. The molecule has 0 radical (unpaired) electrons. The van der Waals surface area contributed by atoms with Crippen LogP contribution in [0.4, 0.5) is 13.2 Å². The molecule has 2 aromatic rings. The smallest absolute Gasteiger partial charge is 0.416 e. The summed E-state index contributed by atoms with van der Waals surface area (Å²) in [6.45, 7) is 3.82. The normalized spacial score (nSPS) is 11.5. The highest BCUT2D eigenvalue weighted by atomic mass is 32.1. The van der Waals surface area contributed by atoms with E-state index in [1.165, 1.54) is 12.1 Å². The second-order valence-electron chi connectivity index (χ2n) is 4.44. The number of aromatic nitrogens is 1. The average Bonchev–Trinajstić information content (AvgIpc) is 2.91. The molecule has 3 nitrogen and oxygen atoms in total. The van der Waals surface area contributed by atoms with E-state index in [-0.39, 0.29) is 6.61 Å².